The molecule has 0 atom stereocenters. The van der Waals surface area contributed by atoms with Crippen LogP contribution in [0, 0.1) is 0 Å². The van der Waals surface area contributed by atoms with Gasteiger partial charge in [0.15, 0.2) is 11.5 Å². The highest BCUT2D eigenvalue weighted by molar-refractivity contribution is 5.46. The number of halogens is 3. The van der Waals surface area contributed by atoms with E-state index in [1.165, 1.54) is 32.4 Å². The zero-order chi connectivity index (χ0) is 13.4. The highest BCUT2D eigenvalue weighted by Gasteiger charge is 2.61. The van der Waals surface area contributed by atoms with E-state index in [1.54, 1.807) is 0 Å². The number of benzene rings is 1. The first kappa shape index (κ1) is 13.0. The second-order valence-corrected chi connectivity index (χ2v) is 4.14. The average Bonchev–Trinajstić information content (AvgIpc) is 2.25. The van der Waals surface area contributed by atoms with Crippen molar-refractivity contribution in [2.45, 2.75) is 11.6 Å². The third-order valence-corrected chi connectivity index (χ3v) is 3.18. The lowest BCUT2D eigenvalue weighted by Crippen LogP contribution is -2.57. The summed E-state index contributed by atoms with van der Waals surface area (Å²) < 4.78 is 54.1. The summed E-state index contributed by atoms with van der Waals surface area (Å²) in [5.74, 6) is 0.685. The lowest BCUT2D eigenvalue weighted by molar-refractivity contribution is -0.262. The predicted molar refractivity (Wildman–Crippen MR) is 58.1 cm³/mol. The van der Waals surface area contributed by atoms with Crippen LogP contribution >= 0.6 is 0 Å². The van der Waals surface area contributed by atoms with E-state index < -0.39 is 11.6 Å². The molecule has 0 aromatic heterocycles. The Hall–Kier alpha value is -1.43. The van der Waals surface area contributed by atoms with E-state index in [1.807, 2.05) is 0 Å². The van der Waals surface area contributed by atoms with Gasteiger partial charge in [-0.05, 0) is 17.7 Å². The monoisotopic (exact) mass is 262 g/mol. The van der Waals surface area contributed by atoms with Crippen LogP contribution in [-0.4, -0.2) is 33.6 Å². The molecule has 0 N–H and O–H groups in total. The molecule has 0 aliphatic carbocycles. The lowest BCUT2D eigenvalue weighted by atomic mass is 9.78. The molecular formula is C12H13F3O3. The molecule has 1 aliphatic rings. The molecule has 18 heavy (non-hydrogen) atoms. The van der Waals surface area contributed by atoms with Crippen molar-refractivity contribution in [1.82, 2.24) is 0 Å². The third kappa shape index (κ3) is 1.80. The van der Waals surface area contributed by atoms with Crippen LogP contribution in [0.4, 0.5) is 13.2 Å². The van der Waals surface area contributed by atoms with Gasteiger partial charge in [0.1, 0.15) is 5.41 Å². The Morgan fingerprint density at radius 3 is 2.11 bits per heavy atom. The highest BCUT2D eigenvalue weighted by Crippen LogP contribution is 2.48. The second kappa shape index (κ2) is 4.35. The van der Waals surface area contributed by atoms with Gasteiger partial charge in [-0.25, -0.2) is 0 Å². The summed E-state index contributed by atoms with van der Waals surface area (Å²) >= 11 is 0. The number of hydrogen-bond acceptors (Lipinski definition) is 3. The molecule has 100 valence electrons. The van der Waals surface area contributed by atoms with E-state index in [-0.39, 0.29) is 24.5 Å². The van der Waals surface area contributed by atoms with Crippen LogP contribution in [0.5, 0.6) is 11.5 Å². The Bertz CT molecular complexity index is 439. The molecule has 1 fully saturated rings. The molecule has 0 amide bonds. The van der Waals surface area contributed by atoms with Gasteiger partial charge >= 0.3 is 6.18 Å². The van der Waals surface area contributed by atoms with Crippen LogP contribution in [0.1, 0.15) is 5.56 Å². The minimum Gasteiger partial charge on any atom is -0.493 e. The molecular weight excluding hydrogens is 249 g/mol. The Labute approximate surface area is 102 Å². The Morgan fingerprint density at radius 1 is 1.11 bits per heavy atom. The molecule has 1 heterocycles. The predicted octanol–water partition coefficient (Wildman–Crippen LogP) is 2.53. The van der Waals surface area contributed by atoms with Gasteiger partial charge in [0, 0.05) is 0 Å². The van der Waals surface area contributed by atoms with Crippen LogP contribution in [0.2, 0.25) is 0 Å². The summed E-state index contributed by atoms with van der Waals surface area (Å²) in [5, 5.41) is 0. The largest absolute Gasteiger partial charge is 0.493 e. The summed E-state index contributed by atoms with van der Waals surface area (Å²) in [6.45, 7) is -0.710. The number of rotatable bonds is 3. The molecule has 2 rings (SSSR count). The molecule has 1 aromatic rings. The summed E-state index contributed by atoms with van der Waals surface area (Å²) in [6.07, 6.45) is -4.34. The first-order chi connectivity index (χ1) is 8.44. The summed E-state index contributed by atoms with van der Waals surface area (Å²) in [4.78, 5) is 0. The maximum Gasteiger partial charge on any atom is 0.402 e. The van der Waals surface area contributed by atoms with Crippen molar-refractivity contribution in [3.8, 4) is 11.5 Å². The van der Waals surface area contributed by atoms with E-state index in [4.69, 9.17) is 14.2 Å². The number of ether oxygens (including phenoxy) is 3. The first-order valence-corrected chi connectivity index (χ1v) is 5.31. The van der Waals surface area contributed by atoms with Gasteiger partial charge in [-0.2, -0.15) is 13.2 Å². The van der Waals surface area contributed by atoms with Crippen LogP contribution in [0.15, 0.2) is 18.2 Å². The van der Waals surface area contributed by atoms with Crippen molar-refractivity contribution >= 4 is 0 Å². The Morgan fingerprint density at radius 2 is 1.72 bits per heavy atom. The van der Waals surface area contributed by atoms with E-state index in [0.717, 1.165) is 0 Å². The quantitative estimate of drug-likeness (QED) is 0.837. The van der Waals surface area contributed by atoms with Crippen LogP contribution in [0.3, 0.4) is 0 Å². The van der Waals surface area contributed by atoms with Crippen molar-refractivity contribution in [2.24, 2.45) is 0 Å². The van der Waals surface area contributed by atoms with Crippen molar-refractivity contribution in [2.75, 3.05) is 27.4 Å². The van der Waals surface area contributed by atoms with Gasteiger partial charge < -0.3 is 14.2 Å². The molecule has 0 saturated carbocycles. The fraction of sp³-hybridized carbons (Fsp3) is 0.500. The second-order valence-electron chi connectivity index (χ2n) is 4.14. The summed E-state index contributed by atoms with van der Waals surface area (Å²) in [5.41, 5.74) is -1.79. The molecule has 0 radical (unpaired) electrons. The van der Waals surface area contributed by atoms with Crippen molar-refractivity contribution in [3.63, 3.8) is 0 Å². The molecule has 6 heteroatoms. The lowest BCUT2D eigenvalue weighted by Gasteiger charge is -2.43. The summed E-state index contributed by atoms with van der Waals surface area (Å²) in [7, 11) is 2.82. The van der Waals surface area contributed by atoms with Crippen molar-refractivity contribution in [1.29, 1.82) is 0 Å². The van der Waals surface area contributed by atoms with Crippen LogP contribution in [0.25, 0.3) is 0 Å². The Kier molecular flexibility index (Phi) is 3.14. The standard InChI is InChI=1S/C12H13F3O3/c1-16-9-4-3-8(5-10(9)17-2)11(6-18-7-11)12(13,14)15/h3-5H,6-7H2,1-2H3. The van der Waals surface area contributed by atoms with Gasteiger partial charge in [0.25, 0.3) is 0 Å². The zero-order valence-corrected chi connectivity index (χ0v) is 10.0. The SMILES string of the molecule is COc1ccc(C2(C(F)(F)F)COC2)cc1OC. The van der Waals surface area contributed by atoms with Crippen LogP contribution < -0.4 is 9.47 Å². The van der Waals surface area contributed by atoms with Crippen molar-refractivity contribution in [3.05, 3.63) is 23.8 Å². The molecule has 1 aromatic carbocycles. The van der Waals surface area contributed by atoms with E-state index in [2.05, 4.69) is 0 Å². The fourth-order valence-corrected chi connectivity index (χ4v) is 1.93. The number of methoxy groups -OCH3 is 2. The smallest absolute Gasteiger partial charge is 0.402 e. The number of hydrogen-bond donors (Lipinski definition) is 0. The van der Waals surface area contributed by atoms with Gasteiger partial charge in [-0.1, -0.05) is 6.07 Å². The highest BCUT2D eigenvalue weighted by atomic mass is 19.4. The molecule has 0 unspecified atom stereocenters. The molecule has 1 saturated heterocycles. The normalized spacial score (nSPS) is 18.1. The van der Waals surface area contributed by atoms with E-state index >= 15 is 0 Å². The Balaban J connectivity index is 2.44. The average molecular weight is 262 g/mol. The molecule has 0 bridgehead atoms. The zero-order valence-electron chi connectivity index (χ0n) is 10.0. The minimum atomic E-state index is -4.34. The minimum absolute atomic E-state index is 0.138. The first-order valence-electron chi connectivity index (χ1n) is 5.31. The van der Waals surface area contributed by atoms with Gasteiger partial charge in [0.05, 0.1) is 27.4 Å². The summed E-state index contributed by atoms with van der Waals surface area (Å²) in [6, 6.07) is 4.23. The fourth-order valence-electron chi connectivity index (χ4n) is 1.93. The number of alkyl halides is 3. The van der Waals surface area contributed by atoms with Gasteiger partial charge in [-0.3, -0.25) is 0 Å². The topological polar surface area (TPSA) is 27.7 Å². The van der Waals surface area contributed by atoms with Gasteiger partial charge in [0.2, 0.25) is 0 Å². The van der Waals surface area contributed by atoms with Crippen molar-refractivity contribution < 1.29 is 27.4 Å². The molecule has 3 nitrogen and oxygen atoms in total. The maximum absolute atomic E-state index is 13.1. The third-order valence-electron chi connectivity index (χ3n) is 3.18. The van der Waals surface area contributed by atoms with E-state index in [0.29, 0.717) is 5.75 Å². The maximum atomic E-state index is 13.1. The van der Waals surface area contributed by atoms with Gasteiger partial charge in [-0.15, -0.1) is 0 Å². The van der Waals surface area contributed by atoms with Crippen LogP contribution in [-0.2, 0) is 10.2 Å². The molecule has 1 aliphatic heterocycles. The van der Waals surface area contributed by atoms with E-state index in [9.17, 15) is 13.2 Å². The molecule has 0 spiro atoms.